The highest BCUT2D eigenvalue weighted by molar-refractivity contribution is 6.71. The molecule has 4 heterocycles. The normalized spacial score (nSPS) is 25.6. The van der Waals surface area contributed by atoms with Crippen molar-refractivity contribution in [3.05, 3.63) is 119 Å². The van der Waals surface area contributed by atoms with Crippen LogP contribution in [0.2, 0.25) is 18.6 Å². The van der Waals surface area contributed by atoms with Gasteiger partial charge < -0.3 is 19.5 Å². The molecule has 4 aliphatic rings. The van der Waals surface area contributed by atoms with Crippen molar-refractivity contribution in [3.63, 3.8) is 0 Å². The van der Waals surface area contributed by atoms with E-state index in [0.717, 1.165) is 22.4 Å². The maximum Gasteiger partial charge on any atom is 0.268 e. The van der Waals surface area contributed by atoms with E-state index < -0.39 is 31.5 Å². The number of nitrogens with zero attached hydrogens (tertiary/aromatic N) is 3. The Balaban J connectivity index is 1.23. The first kappa shape index (κ1) is 33.5. The fourth-order valence-electron chi connectivity index (χ4n) is 9.21. The molecule has 2 N–H and O–H groups in total. The van der Waals surface area contributed by atoms with Crippen LogP contribution >= 0.6 is 0 Å². The highest BCUT2D eigenvalue weighted by Crippen LogP contribution is 2.61. The lowest BCUT2D eigenvalue weighted by atomic mass is 9.82. The second kappa shape index (κ2) is 12.6. The first-order valence-electron chi connectivity index (χ1n) is 17.8. The van der Waals surface area contributed by atoms with Gasteiger partial charge in [-0.05, 0) is 79.0 Å². The van der Waals surface area contributed by atoms with Gasteiger partial charge >= 0.3 is 0 Å². The van der Waals surface area contributed by atoms with Crippen molar-refractivity contribution in [2.24, 2.45) is 5.92 Å². The molecular formula is C41H43N3O6Si. The summed E-state index contributed by atoms with van der Waals surface area (Å²) in [6.45, 7) is 5.84. The van der Waals surface area contributed by atoms with Crippen molar-refractivity contribution in [1.29, 1.82) is 0 Å². The van der Waals surface area contributed by atoms with Gasteiger partial charge in [-0.25, -0.2) is 0 Å². The lowest BCUT2D eigenvalue weighted by molar-refractivity contribution is -0.150. The van der Waals surface area contributed by atoms with Crippen LogP contribution in [-0.2, 0) is 44.1 Å². The maximum absolute atomic E-state index is 15.1. The zero-order valence-corrected chi connectivity index (χ0v) is 30.2. The molecule has 0 unspecified atom stereocenters. The van der Waals surface area contributed by atoms with Gasteiger partial charge in [-0.2, -0.15) is 0 Å². The van der Waals surface area contributed by atoms with E-state index in [1.807, 2.05) is 117 Å². The molecule has 262 valence electrons. The molecule has 9 nitrogen and oxygen atoms in total. The van der Waals surface area contributed by atoms with Crippen molar-refractivity contribution in [2.45, 2.75) is 75.5 Å². The van der Waals surface area contributed by atoms with E-state index in [2.05, 4.69) is 0 Å². The smallest absolute Gasteiger partial charge is 0.268 e. The monoisotopic (exact) mass is 701 g/mol. The number of aryl methyl sites for hydroxylation is 1. The zero-order chi connectivity index (χ0) is 35.7. The lowest BCUT2D eigenvalue weighted by Crippen LogP contribution is -2.48. The van der Waals surface area contributed by atoms with E-state index in [1.54, 1.807) is 14.7 Å². The van der Waals surface area contributed by atoms with Gasteiger partial charge in [0, 0.05) is 41.4 Å². The van der Waals surface area contributed by atoms with Crippen LogP contribution < -0.4 is 9.80 Å². The zero-order valence-electron chi connectivity index (χ0n) is 29.2. The summed E-state index contributed by atoms with van der Waals surface area (Å²) in [5, 5.41) is 10.3. The molecule has 5 atom stereocenters. The van der Waals surface area contributed by atoms with Gasteiger partial charge in [0.15, 0.2) is 13.9 Å². The molecule has 0 saturated carbocycles. The first-order chi connectivity index (χ1) is 24.5. The summed E-state index contributed by atoms with van der Waals surface area (Å²) in [5.74, 6) is -0.996. The number of aliphatic hydroxyl groups is 1. The first-order valence-corrected chi connectivity index (χ1v) is 20.9. The van der Waals surface area contributed by atoms with Gasteiger partial charge in [-0.15, -0.1) is 0 Å². The number of ether oxygens (including phenoxy) is 1. The van der Waals surface area contributed by atoms with E-state index in [1.165, 1.54) is 0 Å². The summed E-state index contributed by atoms with van der Waals surface area (Å²) in [5.41, 5.74) is 4.65. The Kier molecular flexibility index (Phi) is 8.25. The van der Waals surface area contributed by atoms with Crippen molar-refractivity contribution < 1.29 is 29.0 Å². The Hall–Kier alpha value is -4.61. The van der Waals surface area contributed by atoms with Crippen LogP contribution in [0.5, 0.6) is 0 Å². The fourth-order valence-corrected chi connectivity index (χ4v) is 11.8. The van der Waals surface area contributed by atoms with Crippen LogP contribution in [0.15, 0.2) is 97.1 Å². The van der Waals surface area contributed by atoms with Crippen LogP contribution in [0.3, 0.4) is 0 Å². The number of rotatable bonds is 6. The van der Waals surface area contributed by atoms with Gasteiger partial charge in [0.05, 0.1) is 36.5 Å². The number of para-hydroxylation sites is 2. The third kappa shape index (κ3) is 5.35. The van der Waals surface area contributed by atoms with Crippen molar-refractivity contribution in [3.8, 4) is 0 Å². The summed E-state index contributed by atoms with van der Waals surface area (Å²) >= 11 is 0. The third-order valence-electron chi connectivity index (χ3n) is 11.5. The summed E-state index contributed by atoms with van der Waals surface area (Å²) in [7, 11) is -3.08. The largest absolute Gasteiger partial charge is 0.432 e. The predicted molar refractivity (Wildman–Crippen MR) is 197 cm³/mol. The van der Waals surface area contributed by atoms with Crippen molar-refractivity contribution in [2.75, 3.05) is 16.4 Å². The van der Waals surface area contributed by atoms with Gasteiger partial charge in [0.1, 0.15) is 0 Å². The van der Waals surface area contributed by atoms with Crippen molar-refractivity contribution >= 4 is 48.8 Å². The second-order valence-electron chi connectivity index (χ2n) is 14.9. The van der Waals surface area contributed by atoms with Gasteiger partial charge in [0.2, 0.25) is 11.8 Å². The Bertz CT molecular complexity index is 2030. The molecule has 8 rings (SSSR count). The van der Waals surface area contributed by atoms with E-state index in [0.29, 0.717) is 48.4 Å². The van der Waals surface area contributed by atoms with E-state index in [-0.39, 0.29) is 36.8 Å². The fraction of sp³-hybridized carbons (Fsp3) is 0.341. The van der Waals surface area contributed by atoms with Gasteiger partial charge in [-0.3, -0.25) is 24.2 Å². The number of benzene rings is 4. The summed E-state index contributed by atoms with van der Waals surface area (Å²) < 4.78 is 7.06. The van der Waals surface area contributed by atoms with Crippen molar-refractivity contribution in [1.82, 2.24) is 4.90 Å². The quantitative estimate of drug-likeness (QED) is 0.235. The highest BCUT2D eigenvalue weighted by atomic mass is 28.4. The highest BCUT2D eigenvalue weighted by Gasteiger charge is 2.67. The van der Waals surface area contributed by atoms with Crippen LogP contribution in [0.1, 0.15) is 42.0 Å². The van der Waals surface area contributed by atoms with Crippen LogP contribution in [0.25, 0.3) is 0 Å². The minimum atomic E-state index is -3.08. The molecule has 4 aromatic rings. The number of fused-ring (bicyclic) bond motifs is 4. The summed E-state index contributed by atoms with van der Waals surface area (Å²) in [4.78, 5) is 60.0. The number of carbonyl (C=O) groups is 3. The molecule has 0 radical (unpaired) electrons. The summed E-state index contributed by atoms with van der Waals surface area (Å²) in [6.07, 6.45) is 0.774. The number of amides is 3. The molecule has 10 heteroatoms. The molecule has 0 aliphatic carbocycles. The average molecular weight is 702 g/mol. The lowest BCUT2D eigenvalue weighted by Gasteiger charge is -2.37. The SMILES string of the molecule is C[C@H]1[C@H]([Si](C)(C)O)[C@@H](CC(=O)N2Cc3ccccc3C[C@H]2CO)O[C@]12C(=O)N(c1ccccc1)c1ccc(N3C(=O)CCc4ccccc43)cc12. The van der Waals surface area contributed by atoms with Crippen LogP contribution in [0, 0.1) is 5.92 Å². The molecule has 51 heavy (non-hydrogen) atoms. The molecule has 4 aliphatic heterocycles. The number of aliphatic hydroxyl groups excluding tert-OH is 1. The molecule has 0 bridgehead atoms. The molecular weight excluding hydrogens is 659 g/mol. The van der Waals surface area contributed by atoms with Crippen LogP contribution in [0.4, 0.5) is 22.7 Å². The van der Waals surface area contributed by atoms with Gasteiger partial charge in [-0.1, -0.05) is 67.6 Å². The van der Waals surface area contributed by atoms with Crippen LogP contribution in [-0.4, -0.2) is 59.6 Å². The van der Waals surface area contributed by atoms with Gasteiger partial charge in [0.25, 0.3) is 5.91 Å². The standard InChI is InChI=1S/C41H43N3O6Si/c1-26-39(51(2,3)49)36(23-38(47)42-24-29-13-8-7-12-28(29)21-32(42)25-45)50-41(26)33-22-31(43-34-16-10-9-11-27(34)17-20-37(43)46)18-19-35(33)44(40(41)48)30-14-5-4-6-15-30/h4-16,18-19,22,26,32,36,39,45,49H,17,20-21,23-25H2,1-3H3/t26-,32-,36+,39-,41+/m0/s1. The molecule has 1 spiro atoms. The Labute approximate surface area is 299 Å². The van der Waals surface area contributed by atoms with E-state index >= 15 is 4.79 Å². The van der Waals surface area contributed by atoms with E-state index in [4.69, 9.17) is 4.74 Å². The van der Waals surface area contributed by atoms with E-state index in [9.17, 15) is 19.5 Å². The Morgan fingerprint density at radius 2 is 1.53 bits per heavy atom. The second-order valence-corrected chi connectivity index (χ2v) is 18.9. The number of carbonyl (C=O) groups excluding carboxylic acids is 3. The number of hydrogen-bond acceptors (Lipinski definition) is 6. The number of hydrogen-bond donors (Lipinski definition) is 2. The minimum Gasteiger partial charge on any atom is -0.432 e. The third-order valence-corrected chi connectivity index (χ3v) is 14.0. The summed E-state index contributed by atoms with van der Waals surface area (Å²) in [6, 6.07) is 30.6. The topological polar surface area (TPSA) is 111 Å². The molecule has 3 amide bonds. The predicted octanol–water partition coefficient (Wildman–Crippen LogP) is 6.11. The minimum absolute atomic E-state index is 0.0286. The Morgan fingerprint density at radius 3 is 2.25 bits per heavy atom. The Morgan fingerprint density at radius 1 is 0.843 bits per heavy atom. The molecule has 4 aromatic carbocycles. The molecule has 0 aromatic heterocycles. The number of anilines is 4. The average Bonchev–Trinajstić information content (AvgIpc) is 3.56. The molecule has 1 fully saturated rings. The maximum atomic E-state index is 15.1. The molecule has 1 saturated heterocycles.